The van der Waals surface area contributed by atoms with Gasteiger partial charge in [-0.1, -0.05) is 78.9 Å². The highest BCUT2D eigenvalue weighted by molar-refractivity contribution is 8.13. The van der Waals surface area contributed by atoms with Crippen molar-refractivity contribution in [2.45, 2.75) is 11.5 Å². The van der Waals surface area contributed by atoms with E-state index in [1.54, 1.807) is 23.5 Å². The standard InChI is InChI=1S/C23H21NS2/c1-4-10-20(11-5-1)18-25-17-16-23(24-22-14-8-3-9-15-22)26-19-21-12-6-2-7-13-21/h1-17H,18-19H2. The van der Waals surface area contributed by atoms with Gasteiger partial charge in [-0.15, -0.1) is 23.5 Å². The molecule has 0 aliphatic carbocycles. The molecule has 0 aliphatic rings. The lowest BCUT2D eigenvalue weighted by atomic mass is 10.2. The van der Waals surface area contributed by atoms with Gasteiger partial charge in [0, 0.05) is 11.5 Å². The zero-order chi connectivity index (χ0) is 17.9. The maximum atomic E-state index is 4.80. The third kappa shape index (κ3) is 6.58. The van der Waals surface area contributed by atoms with Crippen molar-refractivity contribution in [1.82, 2.24) is 0 Å². The van der Waals surface area contributed by atoms with Gasteiger partial charge in [-0.05, 0) is 34.7 Å². The van der Waals surface area contributed by atoms with Gasteiger partial charge in [0.25, 0.3) is 0 Å². The number of thioether (sulfide) groups is 2. The van der Waals surface area contributed by atoms with Gasteiger partial charge in [-0.3, -0.25) is 0 Å². The lowest BCUT2D eigenvalue weighted by molar-refractivity contribution is 1.42. The summed E-state index contributed by atoms with van der Waals surface area (Å²) in [4.78, 5) is 4.80. The van der Waals surface area contributed by atoms with E-state index < -0.39 is 0 Å². The first-order chi connectivity index (χ1) is 12.9. The fraction of sp³-hybridized carbons (Fsp3) is 0.0870. The van der Waals surface area contributed by atoms with Crippen LogP contribution in [0.2, 0.25) is 0 Å². The molecule has 0 amide bonds. The molecular weight excluding hydrogens is 354 g/mol. The van der Waals surface area contributed by atoms with Crippen molar-refractivity contribution >= 4 is 34.3 Å². The summed E-state index contributed by atoms with van der Waals surface area (Å²) < 4.78 is 0. The summed E-state index contributed by atoms with van der Waals surface area (Å²) in [5.74, 6) is 1.89. The molecule has 0 N–H and O–H groups in total. The fourth-order valence-corrected chi connectivity index (χ4v) is 3.94. The molecule has 3 aromatic rings. The third-order valence-corrected chi connectivity index (χ3v) is 5.45. The highest BCUT2D eigenvalue weighted by Gasteiger charge is 1.99. The largest absolute Gasteiger partial charge is 0.242 e. The van der Waals surface area contributed by atoms with Gasteiger partial charge in [0.15, 0.2) is 0 Å². The van der Waals surface area contributed by atoms with E-state index >= 15 is 0 Å². The van der Waals surface area contributed by atoms with Gasteiger partial charge in [0.05, 0.1) is 10.7 Å². The van der Waals surface area contributed by atoms with Gasteiger partial charge in [-0.2, -0.15) is 0 Å². The van der Waals surface area contributed by atoms with Crippen molar-refractivity contribution in [1.29, 1.82) is 0 Å². The van der Waals surface area contributed by atoms with E-state index in [9.17, 15) is 0 Å². The topological polar surface area (TPSA) is 12.4 Å². The average molecular weight is 376 g/mol. The molecule has 0 aromatic heterocycles. The summed E-state index contributed by atoms with van der Waals surface area (Å²) in [6.07, 6.45) is 2.12. The van der Waals surface area contributed by atoms with Crippen molar-refractivity contribution in [2.75, 3.05) is 0 Å². The molecule has 0 atom stereocenters. The van der Waals surface area contributed by atoms with Gasteiger partial charge in [0.1, 0.15) is 0 Å². The molecule has 3 aromatic carbocycles. The van der Waals surface area contributed by atoms with Crippen LogP contribution in [-0.4, -0.2) is 5.04 Å². The second-order valence-electron chi connectivity index (χ2n) is 5.66. The molecule has 0 saturated heterocycles. The van der Waals surface area contributed by atoms with Crippen LogP contribution in [0.4, 0.5) is 5.69 Å². The molecule has 0 bridgehead atoms. The SMILES string of the molecule is C(=CC(=Nc1ccccc1)SCc1ccccc1)SCc1ccccc1. The lowest BCUT2D eigenvalue weighted by Gasteiger charge is -2.03. The molecule has 0 spiro atoms. The Hall–Kier alpha value is -2.23. The molecule has 0 aliphatic heterocycles. The van der Waals surface area contributed by atoms with Gasteiger partial charge >= 0.3 is 0 Å². The second kappa shape index (κ2) is 10.7. The second-order valence-corrected chi connectivity index (χ2v) is 7.55. The molecule has 3 rings (SSSR count). The Morgan fingerprint density at radius 1 is 0.692 bits per heavy atom. The minimum atomic E-state index is 0.917. The molecule has 3 heteroatoms. The predicted octanol–water partition coefficient (Wildman–Crippen LogP) is 7.10. The van der Waals surface area contributed by atoms with E-state index in [1.165, 1.54) is 11.1 Å². The normalized spacial score (nSPS) is 11.8. The van der Waals surface area contributed by atoms with Crippen molar-refractivity contribution in [3.8, 4) is 0 Å². The van der Waals surface area contributed by atoms with Crippen LogP contribution in [0.25, 0.3) is 0 Å². The van der Waals surface area contributed by atoms with Crippen LogP contribution >= 0.6 is 23.5 Å². The quantitative estimate of drug-likeness (QED) is 0.322. The molecule has 0 unspecified atom stereocenters. The van der Waals surface area contributed by atoms with Crippen LogP contribution in [0, 0.1) is 0 Å². The van der Waals surface area contributed by atoms with E-state index in [0.717, 1.165) is 22.2 Å². The van der Waals surface area contributed by atoms with Gasteiger partial charge in [0.2, 0.25) is 0 Å². The summed E-state index contributed by atoms with van der Waals surface area (Å²) in [6, 6.07) is 31.2. The Balaban J connectivity index is 1.64. The molecule has 0 radical (unpaired) electrons. The van der Waals surface area contributed by atoms with E-state index in [2.05, 4.69) is 66.1 Å². The Morgan fingerprint density at radius 3 is 1.85 bits per heavy atom. The van der Waals surface area contributed by atoms with Gasteiger partial charge < -0.3 is 0 Å². The van der Waals surface area contributed by atoms with Crippen LogP contribution in [0.1, 0.15) is 11.1 Å². The Labute approximate surface area is 164 Å². The first-order valence-electron chi connectivity index (χ1n) is 8.53. The average Bonchev–Trinajstić information content (AvgIpc) is 2.71. The van der Waals surface area contributed by atoms with E-state index in [0.29, 0.717) is 0 Å². The number of rotatable bonds is 7. The van der Waals surface area contributed by atoms with Crippen LogP contribution in [0.3, 0.4) is 0 Å². The molecule has 0 heterocycles. The van der Waals surface area contributed by atoms with E-state index in [-0.39, 0.29) is 0 Å². The summed E-state index contributed by atoms with van der Waals surface area (Å²) in [5, 5.41) is 3.17. The smallest absolute Gasteiger partial charge is 0.0975 e. The van der Waals surface area contributed by atoms with Gasteiger partial charge in [-0.25, -0.2) is 4.99 Å². The molecule has 1 nitrogen and oxygen atoms in total. The minimum absolute atomic E-state index is 0.917. The Bertz CT molecular complexity index is 828. The predicted molar refractivity (Wildman–Crippen MR) is 118 cm³/mol. The Morgan fingerprint density at radius 2 is 1.23 bits per heavy atom. The zero-order valence-electron chi connectivity index (χ0n) is 14.5. The van der Waals surface area contributed by atoms with E-state index in [4.69, 9.17) is 4.99 Å². The highest BCUT2D eigenvalue weighted by atomic mass is 32.2. The lowest BCUT2D eigenvalue weighted by Crippen LogP contribution is -1.89. The van der Waals surface area contributed by atoms with Crippen molar-refractivity contribution in [3.05, 3.63) is 114 Å². The summed E-state index contributed by atoms with van der Waals surface area (Å²) in [5.41, 5.74) is 3.63. The maximum absolute atomic E-state index is 4.80. The van der Waals surface area contributed by atoms with Crippen LogP contribution in [0.5, 0.6) is 0 Å². The Kier molecular flexibility index (Phi) is 7.63. The number of hydrogen-bond acceptors (Lipinski definition) is 3. The maximum Gasteiger partial charge on any atom is 0.0975 e. The van der Waals surface area contributed by atoms with Crippen LogP contribution in [-0.2, 0) is 11.5 Å². The molecule has 0 saturated carbocycles. The molecule has 26 heavy (non-hydrogen) atoms. The number of aliphatic imine (C=N–C) groups is 1. The number of benzene rings is 3. The minimum Gasteiger partial charge on any atom is -0.242 e. The van der Waals surface area contributed by atoms with Crippen molar-refractivity contribution in [3.63, 3.8) is 0 Å². The monoisotopic (exact) mass is 375 g/mol. The number of nitrogens with zero attached hydrogens (tertiary/aromatic N) is 1. The highest BCUT2D eigenvalue weighted by Crippen LogP contribution is 2.21. The zero-order valence-corrected chi connectivity index (χ0v) is 16.1. The number of para-hydroxylation sites is 1. The molecule has 0 fully saturated rings. The number of hydrogen-bond donors (Lipinski definition) is 0. The first kappa shape index (κ1) is 18.6. The third-order valence-electron chi connectivity index (χ3n) is 3.62. The summed E-state index contributed by atoms with van der Waals surface area (Å²) >= 11 is 3.56. The fourth-order valence-electron chi connectivity index (χ4n) is 2.30. The first-order valence-corrected chi connectivity index (χ1v) is 10.6. The van der Waals surface area contributed by atoms with Crippen molar-refractivity contribution < 1.29 is 0 Å². The van der Waals surface area contributed by atoms with Crippen LogP contribution < -0.4 is 0 Å². The van der Waals surface area contributed by atoms with Crippen LogP contribution in [0.15, 0.2) is 107 Å². The summed E-state index contributed by atoms with van der Waals surface area (Å²) in [6.45, 7) is 0. The van der Waals surface area contributed by atoms with Crippen molar-refractivity contribution in [2.24, 2.45) is 4.99 Å². The molecule has 130 valence electrons. The van der Waals surface area contributed by atoms with E-state index in [1.807, 2.05) is 36.4 Å². The molecular formula is C23H21NS2. The summed E-state index contributed by atoms with van der Waals surface area (Å²) in [7, 11) is 0.